The number of benzene rings is 2. The molecular weight excluding hydrogens is 356 g/mol. The van der Waals surface area contributed by atoms with Gasteiger partial charge in [0.25, 0.3) is 0 Å². The van der Waals surface area contributed by atoms with Crippen LogP contribution in [0, 0.1) is 6.92 Å². The number of thioether (sulfide) groups is 1. The van der Waals surface area contributed by atoms with Crippen LogP contribution in [-0.4, -0.2) is 32.5 Å². The Morgan fingerprint density at radius 1 is 1.07 bits per heavy atom. The molecule has 0 saturated heterocycles. The van der Waals surface area contributed by atoms with E-state index >= 15 is 0 Å². The summed E-state index contributed by atoms with van der Waals surface area (Å²) in [6, 6.07) is 20.0. The van der Waals surface area contributed by atoms with Crippen LogP contribution in [0.3, 0.4) is 0 Å². The van der Waals surface area contributed by atoms with Crippen molar-refractivity contribution < 1.29 is 4.79 Å². The molecule has 1 amide bonds. The van der Waals surface area contributed by atoms with E-state index in [1.807, 2.05) is 74.2 Å². The third-order valence-electron chi connectivity index (χ3n) is 4.37. The van der Waals surface area contributed by atoms with E-state index in [-0.39, 0.29) is 11.2 Å². The zero-order valence-electron chi connectivity index (χ0n) is 15.9. The van der Waals surface area contributed by atoms with Crippen molar-refractivity contribution >= 4 is 23.4 Å². The first kappa shape index (κ1) is 19.2. The topological polar surface area (TPSA) is 51.0 Å². The van der Waals surface area contributed by atoms with E-state index < -0.39 is 0 Å². The van der Waals surface area contributed by atoms with Crippen LogP contribution in [0.15, 0.2) is 65.8 Å². The Morgan fingerprint density at radius 3 is 2.33 bits per heavy atom. The van der Waals surface area contributed by atoms with Crippen LogP contribution in [-0.2, 0) is 11.3 Å². The summed E-state index contributed by atoms with van der Waals surface area (Å²) in [5, 5.41) is 9.02. The molecule has 0 bridgehead atoms. The number of aryl methyl sites for hydroxylation is 1. The van der Waals surface area contributed by atoms with Gasteiger partial charge < -0.3 is 9.47 Å². The molecule has 0 fully saturated rings. The summed E-state index contributed by atoms with van der Waals surface area (Å²) >= 11 is 1.45. The van der Waals surface area contributed by atoms with Gasteiger partial charge in [0, 0.05) is 12.2 Å². The van der Waals surface area contributed by atoms with Gasteiger partial charge in [0.2, 0.25) is 5.91 Å². The summed E-state index contributed by atoms with van der Waals surface area (Å²) in [4.78, 5) is 14.8. The van der Waals surface area contributed by atoms with E-state index in [0.29, 0.717) is 13.1 Å². The minimum Gasteiger partial charge on any atom is -0.312 e. The fourth-order valence-corrected chi connectivity index (χ4v) is 3.85. The number of hydrogen-bond acceptors (Lipinski definition) is 4. The lowest BCUT2D eigenvalue weighted by Gasteiger charge is -2.24. The lowest BCUT2D eigenvalue weighted by Crippen LogP contribution is -2.36. The predicted octanol–water partition coefficient (Wildman–Crippen LogP) is 4.17. The van der Waals surface area contributed by atoms with Crippen LogP contribution in [0.5, 0.6) is 0 Å². The Kier molecular flexibility index (Phi) is 6.29. The third kappa shape index (κ3) is 4.57. The van der Waals surface area contributed by atoms with Gasteiger partial charge >= 0.3 is 0 Å². The van der Waals surface area contributed by atoms with Gasteiger partial charge in [-0.25, -0.2) is 0 Å². The summed E-state index contributed by atoms with van der Waals surface area (Å²) < 4.78 is 2.06. The molecule has 0 N–H and O–H groups in total. The molecule has 27 heavy (non-hydrogen) atoms. The molecule has 0 aliphatic rings. The molecule has 0 aliphatic heterocycles. The summed E-state index contributed by atoms with van der Waals surface area (Å²) in [7, 11) is 0. The first-order chi connectivity index (χ1) is 13.1. The average Bonchev–Trinajstić information content (AvgIpc) is 3.03. The Bertz CT molecular complexity index is 880. The zero-order valence-corrected chi connectivity index (χ0v) is 16.7. The maximum atomic E-state index is 13.0. The molecule has 1 aromatic heterocycles. The standard InChI is InChI=1S/C21H24N4OS/c1-4-24(19-13-9-6-10-14-19)20(26)16(2)27-21-23-22-17(3)25(21)15-18-11-7-5-8-12-18/h5-14,16H,4,15H2,1-3H3/t16-/m1/s1. The van der Waals surface area contributed by atoms with E-state index in [4.69, 9.17) is 0 Å². The third-order valence-corrected chi connectivity index (χ3v) is 5.43. The monoisotopic (exact) mass is 380 g/mol. The van der Waals surface area contributed by atoms with E-state index in [2.05, 4.69) is 26.9 Å². The number of para-hydroxylation sites is 1. The highest BCUT2D eigenvalue weighted by atomic mass is 32.2. The molecule has 0 saturated carbocycles. The van der Waals surface area contributed by atoms with Gasteiger partial charge in [-0.2, -0.15) is 0 Å². The number of amides is 1. The molecular formula is C21H24N4OS. The van der Waals surface area contributed by atoms with Gasteiger partial charge in [-0.3, -0.25) is 4.79 Å². The zero-order chi connectivity index (χ0) is 19.2. The summed E-state index contributed by atoms with van der Waals surface area (Å²) in [5.74, 6) is 0.914. The number of aromatic nitrogens is 3. The molecule has 1 heterocycles. The van der Waals surface area contributed by atoms with Crippen molar-refractivity contribution in [3.05, 3.63) is 72.1 Å². The molecule has 2 aromatic carbocycles. The van der Waals surface area contributed by atoms with Gasteiger partial charge in [0.05, 0.1) is 11.8 Å². The van der Waals surface area contributed by atoms with Gasteiger partial charge in [0.1, 0.15) is 5.82 Å². The summed E-state index contributed by atoms with van der Waals surface area (Å²) in [6.07, 6.45) is 0. The number of nitrogens with zero attached hydrogens (tertiary/aromatic N) is 4. The van der Waals surface area contributed by atoms with Crippen LogP contribution in [0.2, 0.25) is 0 Å². The Morgan fingerprint density at radius 2 is 1.70 bits per heavy atom. The lowest BCUT2D eigenvalue weighted by molar-refractivity contribution is -0.117. The Hall–Kier alpha value is -2.60. The smallest absolute Gasteiger partial charge is 0.240 e. The van der Waals surface area contributed by atoms with Crippen molar-refractivity contribution in [2.24, 2.45) is 0 Å². The van der Waals surface area contributed by atoms with Crippen molar-refractivity contribution in [2.75, 3.05) is 11.4 Å². The maximum absolute atomic E-state index is 13.0. The highest BCUT2D eigenvalue weighted by Crippen LogP contribution is 2.26. The van der Waals surface area contributed by atoms with Crippen molar-refractivity contribution in [3.63, 3.8) is 0 Å². The molecule has 6 heteroatoms. The number of carbonyl (C=O) groups is 1. The lowest BCUT2D eigenvalue weighted by atomic mass is 10.2. The SMILES string of the molecule is CCN(C(=O)[C@@H](C)Sc1nnc(C)n1Cc1ccccc1)c1ccccc1. The normalized spacial score (nSPS) is 12.0. The maximum Gasteiger partial charge on any atom is 0.240 e. The van der Waals surface area contributed by atoms with E-state index in [1.165, 1.54) is 17.3 Å². The van der Waals surface area contributed by atoms with E-state index in [0.717, 1.165) is 16.7 Å². The first-order valence-electron chi connectivity index (χ1n) is 9.07. The van der Waals surface area contributed by atoms with Crippen LogP contribution < -0.4 is 4.90 Å². The number of rotatable bonds is 7. The highest BCUT2D eigenvalue weighted by Gasteiger charge is 2.24. The quantitative estimate of drug-likeness (QED) is 0.577. The van der Waals surface area contributed by atoms with Gasteiger partial charge in [0.15, 0.2) is 5.16 Å². The predicted molar refractivity (Wildman–Crippen MR) is 110 cm³/mol. The van der Waals surface area contributed by atoms with E-state index in [9.17, 15) is 4.79 Å². The van der Waals surface area contributed by atoms with Crippen LogP contribution in [0.25, 0.3) is 0 Å². The first-order valence-corrected chi connectivity index (χ1v) is 9.95. The van der Waals surface area contributed by atoms with Gasteiger partial charge in [-0.1, -0.05) is 60.3 Å². The molecule has 5 nitrogen and oxygen atoms in total. The Labute approximate surface area is 164 Å². The Balaban J connectivity index is 1.76. The summed E-state index contributed by atoms with van der Waals surface area (Å²) in [6.45, 7) is 7.18. The number of carbonyl (C=O) groups excluding carboxylic acids is 1. The summed E-state index contributed by atoms with van der Waals surface area (Å²) in [5.41, 5.74) is 2.10. The fourth-order valence-electron chi connectivity index (χ4n) is 2.90. The van der Waals surface area contributed by atoms with Crippen molar-refractivity contribution in [1.29, 1.82) is 0 Å². The fraction of sp³-hybridized carbons (Fsp3) is 0.286. The van der Waals surface area contributed by atoms with Crippen molar-refractivity contribution in [2.45, 2.75) is 37.7 Å². The van der Waals surface area contributed by atoms with Crippen molar-refractivity contribution in [1.82, 2.24) is 14.8 Å². The largest absolute Gasteiger partial charge is 0.312 e. The second-order valence-electron chi connectivity index (χ2n) is 6.28. The molecule has 0 spiro atoms. The van der Waals surface area contributed by atoms with Crippen molar-refractivity contribution in [3.8, 4) is 0 Å². The molecule has 1 atom stereocenters. The molecule has 3 rings (SSSR count). The molecule has 0 aliphatic carbocycles. The molecule has 0 unspecified atom stereocenters. The average molecular weight is 381 g/mol. The van der Waals surface area contributed by atoms with E-state index in [1.54, 1.807) is 0 Å². The van der Waals surface area contributed by atoms with Gasteiger partial charge in [-0.05, 0) is 38.5 Å². The minimum atomic E-state index is -0.261. The van der Waals surface area contributed by atoms with Crippen LogP contribution in [0.4, 0.5) is 5.69 Å². The number of anilines is 1. The molecule has 0 radical (unpaired) electrons. The van der Waals surface area contributed by atoms with Gasteiger partial charge in [-0.15, -0.1) is 10.2 Å². The minimum absolute atomic E-state index is 0.0700. The van der Waals surface area contributed by atoms with Crippen LogP contribution >= 0.6 is 11.8 Å². The second-order valence-corrected chi connectivity index (χ2v) is 7.59. The molecule has 3 aromatic rings. The number of hydrogen-bond donors (Lipinski definition) is 0. The van der Waals surface area contributed by atoms with Crippen LogP contribution in [0.1, 0.15) is 25.2 Å². The second kappa shape index (κ2) is 8.86. The molecule has 140 valence electrons. The highest BCUT2D eigenvalue weighted by molar-refractivity contribution is 8.00.